The molecule has 0 atom stereocenters. The van der Waals surface area contributed by atoms with Crippen molar-refractivity contribution in [2.45, 2.75) is 6.42 Å². The first-order chi connectivity index (χ1) is 10.6. The van der Waals surface area contributed by atoms with E-state index in [4.69, 9.17) is 16.9 Å². The summed E-state index contributed by atoms with van der Waals surface area (Å²) in [4.78, 5) is 14.8. The average molecular weight is 313 g/mol. The van der Waals surface area contributed by atoms with Gasteiger partial charge in [0.05, 0.1) is 33.8 Å². The number of nitro groups is 1. The van der Waals surface area contributed by atoms with Crippen LogP contribution in [0.4, 0.5) is 5.69 Å². The highest BCUT2D eigenvalue weighted by molar-refractivity contribution is 6.30. The lowest BCUT2D eigenvalue weighted by Crippen LogP contribution is -1.93. The number of rotatable bonds is 3. The van der Waals surface area contributed by atoms with E-state index in [-0.39, 0.29) is 12.1 Å². The molecule has 3 rings (SSSR count). The Morgan fingerprint density at radius 3 is 2.64 bits per heavy atom. The van der Waals surface area contributed by atoms with Crippen molar-refractivity contribution in [3.63, 3.8) is 0 Å². The number of nitriles is 1. The second-order valence-electron chi connectivity index (χ2n) is 4.62. The highest BCUT2D eigenvalue weighted by Gasteiger charge is 2.15. The first-order valence-corrected chi connectivity index (χ1v) is 6.76. The van der Waals surface area contributed by atoms with Crippen molar-refractivity contribution in [2.75, 3.05) is 0 Å². The standard InChI is InChI=1S/C15H9ClN4O2/c16-11-3-6-14-18-15(13(7-8-17)19(14)9-11)10-1-4-12(5-2-10)20(21)22/h1-6,9H,7H2. The van der Waals surface area contributed by atoms with Gasteiger partial charge in [0.1, 0.15) is 5.65 Å². The van der Waals surface area contributed by atoms with Gasteiger partial charge < -0.3 is 4.40 Å². The van der Waals surface area contributed by atoms with Gasteiger partial charge in [0, 0.05) is 23.9 Å². The summed E-state index contributed by atoms with van der Waals surface area (Å²) < 4.78 is 1.77. The molecule has 0 saturated heterocycles. The molecule has 108 valence electrons. The van der Waals surface area contributed by atoms with Crippen LogP contribution < -0.4 is 0 Å². The van der Waals surface area contributed by atoms with E-state index in [2.05, 4.69) is 11.1 Å². The van der Waals surface area contributed by atoms with E-state index in [0.29, 0.717) is 22.1 Å². The molecule has 0 saturated carbocycles. The van der Waals surface area contributed by atoms with Crippen molar-refractivity contribution in [3.8, 4) is 17.3 Å². The third kappa shape index (κ3) is 2.38. The Bertz CT molecular complexity index is 910. The number of hydrogen-bond acceptors (Lipinski definition) is 4. The Balaban J connectivity index is 2.19. The van der Waals surface area contributed by atoms with Crippen LogP contribution in [0.2, 0.25) is 5.02 Å². The van der Waals surface area contributed by atoms with Gasteiger partial charge in [0.2, 0.25) is 0 Å². The van der Waals surface area contributed by atoms with E-state index >= 15 is 0 Å². The normalized spacial score (nSPS) is 10.5. The summed E-state index contributed by atoms with van der Waals surface area (Å²) in [7, 11) is 0. The van der Waals surface area contributed by atoms with Crippen LogP contribution in [-0.4, -0.2) is 14.3 Å². The van der Waals surface area contributed by atoms with Crippen molar-refractivity contribution < 1.29 is 4.92 Å². The number of non-ortho nitro benzene ring substituents is 1. The summed E-state index contributed by atoms with van der Waals surface area (Å²) >= 11 is 6.00. The smallest absolute Gasteiger partial charge is 0.269 e. The molecule has 0 spiro atoms. The molecule has 0 aliphatic heterocycles. The zero-order valence-corrected chi connectivity index (χ0v) is 12.0. The third-order valence-corrected chi connectivity index (χ3v) is 3.50. The fourth-order valence-corrected chi connectivity index (χ4v) is 2.44. The van der Waals surface area contributed by atoms with Crippen molar-refractivity contribution in [1.82, 2.24) is 9.38 Å². The quantitative estimate of drug-likeness (QED) is 0.546. The largest absolute Gasteiger partial charge is 0.301 e. The lowest BCUT2D eigenvalue weighted by molar-refractivity contribution is -0.384. The van der Waals surface area contributed by atoms with E-state index in [0.717, 1.165) is 5.56 Å². The van der Waals surface area contributed by atoms with Crippen LogP contribution in [0.25, 0.3) is 16.9 Å². The van der Waals surface area contributed by atoms with E-state index in [1.165, 1.54) is 12.1 Å². The monoisotopic (exact) mass is 312 g/mol. The fraction of sp³-hybridized carbons (Fsp3) is 0.0667. The number of benzene rings is 1. The Kier molecular flexibility index (Phi) is 3.49. The molecule has 7 heteroatoms. The van der Waals surface area contributed by atoms with Crippen molar-refractivity contribution in [3.05, 3.63) is 63.4 Å². The van der Waals surface area contributed by atoms with Crippen LogP contribution >= 0.6 is 11.6 Å². The molecule has 3 aromatic rings. The minimum atomic E-state index is -0.455. The van der Waals surface area contributed by atoms with Crippen molar-refractivity contribution >= 4 is 22.9 Å². The number of nitrogens with zero attached hydrogens (tertiary/aromatic N) is 4. The summed E-state index contributed by atoms with van der Waals surface area (Å²) in [5.41, 5.74) is 2.73. The van der Waals surface area contributed by atoms with Gasteiger partial charge in [-0.25, -0.2) is 4.98 Å². The minimum Gasteiger partial charge on any atom is -0.301 e. The Labute approximate surface area is 130 Å². The topological polar surface area (TPSA) is 84.2 Å². The molecule has 22 heavy (non-hydrogen) atoms. The summed E-state index contributed by atoms with van der Waals surface area (Å²) in [6.07, 6.45) is 1.86. The Hall–Kier alpha value is -2.91. The van der Waals surface area contributed by atoms with Crippen molar-refractivity contribution in [1.29, 1.82) is 5.26 Å². The Morgan fingerprint density at radius 1 is 1.27 bits per heavy atom. The van der Waals surface area contributed by atoms with Gasteiger partial charge >= 0.3 is 0 Å². The zero-order valence-electron chi connectivity index (χ0n) is 11.2. The molecule has 0 unspecified atom stereocenters. The summed E-state index contributed by atoms with van der Waals surface area (Å²) in [6.45, 7) is 0. The van der Waals surface area contributed by atoms with Gasteiger partial charge in [0.15, 0.2) is 0 Å². The van der Waals surface area contributed by atoms with Crippen LogP contribution in [0.1, 0.15) is 5.69 Å². The average Bonchev–Trinajstić information content (AvgIpc) is 2.86. The van der Waals surface area contributed by atoms with Crippen LogP contribution in [-0.2, 0) is 6.42 Å². The summed E-state index contributed by atoms with van der Waals surface area (Å²) in [5.74, 6) is 0. The predicted octanol–water partition coefficient (Wildman–Crippen LogP) is 3.63. The van der Waals surface area contributed by atoms with Gasteiger partial charge in [0.25, 0.3) is 5.69 Å². The maximum atomic E-state index is 10.7. The molecule has 2 aromatic heterocycles. The first kappa shape index (κ1) is 14.0. The summed E-state index contributed by atoms with van der Waals surface area (Å²) in [5, 5.41) is 20.3. The van der Waals surface area contributed by atoms with Gasteiger partial charge in [-0.2, -0.15) is 5.26 Å². The number of halogens is 1. The van der Waals surface area contributed by atoms with E-state index in [1.54, 1.807) is 34.9 Å². The van der Waals surface area contributed by atoms with Crippen LogP contribution in [0.5, 0.6) is 0 Å². The molecule has 0 N–H and O–H groups in total. The fourth-order valence-electron chi connectivity index (χ4n) is 2.28. The molecule has 0 amide bonds. The number of fused-ring (bicyclic) bond motifs is 1. The number of aromatic nitrogens is 2. The SMILES string of the molecule is N#CCc1c(-c2ccc([N+](=O)[O-])cc2)nc2ccc(Cl)cn12. The highest BCUT2D eigenvalue weighted by atomic mass is 35.5. The maximum Gasteiger partial charge on any atom is 0.269 e. The first-order valence-electron chi connectivity index (χ1n) is 6.38. The molecule has 2 heterocycles. The second-order valence-corrected chi connectivity index (χ2v) is 5.06. The van der Waals surface area contributed by atoms with Crippen LogP contribution in [0.15, 0.2) is 42.6 Å². The van der Waals surface area contributed by atoms with E-state index in [1.807, 2.05) is 0 Å². The maximum absolute atomic E-state index is 10.7. The number of imidazole rings is 1. The predicted molar refractivity (Wildman–Crippen MR) is 81.6 cm³/mol. The minimum absolute atomic E-state index is 0.0115. The number of pyridine rings is 1. The second kappa shape index (κ2) is 5.47. The molecule has 1 aromatic carbocycles. The van der Waals surface area contributed by atoms with Gasteiger partial charge in [-0.05, 0) is 24.3 Å². The lowest BCUT2D eigenvalue weighted by atomic mass is 10.1. The van der Waals surface area contributed by atoms with E-state index in [9.17, 15) is 10.1 Å². The lowest BCUT2D eigenvalue weighted by Gasteiger charge is -2.01. The van der Waals surface area contributed by atoms with Gasteiger partial charge in [-0.3, -0.25) is 10.1 Å². The molecule has 0 aliphatic rings. The van der Waals surface area contributed by atoms with Crippen molar-refractivity contribution in [2.24, 2.45) is 0 Å². The highest BCUT2D eigenvalue weighted by Crippen LogP contribution is 2.27. The molecule has 6 nitrogen and oxygen atoms in total. The molecular formula is C15H9ClN4O2. The molecule has 0 radical (unpaired) electrons. The third-order valence-electron chi connectivity index (χ3n) is 3.28. The molecule has 0 fully saturated rings. The van der Waals surface area contributed by atoms with Crippen LogP contribution in [0, 0.1) is 21.4 Å². The molecule has 0 aliphatic carbocycles. The zero-order chi connectivity index (χ0) is 15.7. The number of nitro benzene ring substituents is 1. The van der Waals surface area contributed by atoms with Gasteiger partial charge in [-0.15, -0.1) is 0 Å². The van der Waals surface area contributed by atoms with Gasteiger partial charge in [-0.1, -0.05) is 11.6 Å². The van der Waals surface area contributed by atoms with E-state index < -0.39 is 4.92 Å². The summed E-state index contributed by atoms with van der Waals surface area (Å²) in [6, 6.07) is 11.7. The molecule has 0 bridgehead atoms. The molecular weight excluding hydrogens is 304 g/mol. The Morgan fingerprint density at radius 2 is 2.00 bits per heavy atom. The number of hydrogen-bond donors (Lipinski definition) is 0. The van der Waals surface area contributed by atoms with Crippen LogP contribution in [0.3, 0.4) is 0 Å².